The number of nitrogens with two attached hydrogens (primary N) is 2. The van der Waals surface area contributed by atoms with Gasteiger partial charge in [0, 0.05) is 17.5 Å². The Morgan fingerprint density at radius 2 is 1.58 bits per heavy atom. The van der Waals surface area contributed by atoms with E-state index in [4.69, 9.17) is 39.4 Å². The molecule has 0 aromatic heterocycles. The maximum absolute atomic E-state index is 6.03. The van der Waals surface area contributed by atoms with E-state index >= 15 is 0 Å². The second kappa shape index (κ2) is 6.04. The van der Waals surface area contributed by atoms with Crippen molar-refractivity contribution in [3.05, 3.63) is 52.0 Å². The fraction of sp³-hybridized carbons (Fsp3) is 0.143. The second-order valence-corrected chi connectivity index (χ2v) is 4.98. The van der Waals surface area contributed by atoms with Crippen molar-refractivity contribution in [3.63, 3.8) is 0 Å². The van der Waals surface area contributed by atoms with E-state index in [9.17, 15) is 0 Å². The van der Waals surface area contributed by atoms with E-state index < -0.39 is 0 Å². The summed E-state index contributed by atoms with van der Waals surface area (Å²) in [4.78, 5) is 0. The minimum atomic E-state index is 0.454. The number of anilines is 2. The van der Waals surface area contributed by atoms with Gasteiger partial charge in [-0.05, 0) is 23.8 Å². The van der Waals surface area contributed by atoms with Crippen LogP contribution in [-0.2, 0) is 6.42 Å². The van der Waals surface area contributed by atoms with Crippen molar-refractivity contribution in [1.29, 1.82) is 0 Å². The fourth-order valence-electron chi connectivity index (χ4n) is 1.63. The molecule has 2 rings (SSSR count). The van der Waals surface area contributed by atoms with E-state index in [0.717, 1.165) is 17.0 Å². The van der Waals surface area contributed by atoms with Gasteiger partial charge in [-0.2, -0.15) is 0 Å². The molecule has 4 N–H and O–H groups in total. The predicted molar refractivity (Wildman–Crippen MR) is 80.9 cm³/mol. The molecule has 0 spiro atoms. The quantitative estimate of drug-likeness (QED) is 0.844. The molecule has 0 aliphatic heterocycles. The zero-order chi connectivity index (χ0) is 13.8. The lowest BCUT2D eigenvalue weighted by Gasteiger charge is -2.10. The highest BCUT2D eigenvalue weighted by Crippen LogP contribution is 2.31. The smallest absolute Gasteiger partial charge is 0.140 e. The van der Waals surface area contributed by atoms with Crippen molar-refractivity contribution < 1.29 is 4.74 Å². The van der Waals surface area contributed by atoms with E-state index in [1.54, 1.807) is 12.1 Å². The minimum absolute atomic E-state index is 0.454. The van der Waals surface area contributed by atoms with Crippen LogP contribution in [0.4, 0.5) is 11.4 Å². The molecule has 2 aromatic rings. The largest absolute Gasteiger partial charge is 0.492 e. The molecule has 2 aromatic carbocycles. The van der Waals surface area contributed by atoms with Gasteiger partial charge < -0.3 is 16.2 Å². The summed E-state index contributed by atoms with van der Waals surface area (Å²) in [6.45, 7) is 0.505. The Bertz CT molecular complexity index is 570. The van der Waals surface area contributed by atoms with Crippen LogP contribution < -0.4 is 16.2 Å². The zero-order valence-corrected chi connectivity index (χ0v) is 11.7. The lowest BCUT2D eigenvalue weighted by molar-refractivity contribution is 0.322. The highest BCUT2D eigenvalue weighted by Gasteiger charge is 2.05. The molecule has 5 heteroatoms. The van der Waals surface area contributed by atoms with Crippen LogP contribution in [0.25, 0.3) is 0 Å². The van der Waals surface area contributed by atoms with Crippen LogP contribution in [0.2, 0.25) is 10.0 Å². The summed E-state index contributed by atoms with van der Waals surface area (Å²) in [5.74, 6) is 0.544. The van der Waals surface area contributed by atoms with Gasteiger partial charge in [0.1, 0.15) is 5.75 Å². The van der Waals surface area contributed by atoms with E-state index in [0.29, 0.717) is 28.8 Å². The summed E-state index contributed by atoms with van der Waals surface area (Å²) in [7, 11) is 0. The summed E-state index contributed by atoms with van der Waals surface area (Å²) in [5, 5.41) is 1.18. The average Bonchev–Trinajstić information content (AvgIpc) is 2.38. The van der Waals surface area contributed by atoms with Crippen LogP contribution in [-0.4, -0.2) is 6.61 Å². The molecular weight excluding hydrogens is 283 g/mol. The van der Waals surface area contributed by atoms with Crippen molar-refractivity contribution in [2.24, 2.45) is 0 Å². The number of ether oxygens (including phenoxy) is 1. The minimum Gasteiger partial charge on any atom is -0.492 e. The third-order valence-electron chi connectivity index (χ3n) is 2.70. The number of halogens is 2. The third-order valence-corrected chi connectivity index (χ3v) is 3.25. The van der Waals surface area contributed by atoms with E-state index in [1.165, 1.54) is 0 Å². The maximum Gasteiger partial charge on any atom is 0.140 e. The Kier molecular flexibility index (Phi) is 4.40. The lowest BCUT2D eigenvalue weighted by Crippen LogP contribution is -2.03. The van der Waals surface area contributed by atoms with Gasteiger partial charge in [-0.3, -0.25) is 0 Å². The van der Waals surface area contributed by atoms with Gasteiger partial charge >= 0.3 is 0 Å². The van der Waals surface area contributed by atoms with E-state index in [-0.39, 0.29) is 0 Å². The molecule has 0 bridgehead atoms. The average molecular weight is 297 g/mol. The first-order valence-corrected chi connectivity index (χ1v) is 6.53. The third kappa shape index (κ3) is 3.69. The molecule has 19 heavy (non-hydrogen) atoms. The molecule has 0 fully saturated rings. The van der Waals surface area contributed by atoms with Crippen molar-refractivity contribution in [3.8, 4) is 5.75 Å². The van der Waals surface area contributed by atoms with E-state index in [1.807, 2.05) is 24.3 Å². The predicted octanol–water partition coefficient (Wildman–Crippen LogP) is 3.78. The maximum atomic E-state index is 6.03. The molecule has 100 valence electrons. The lowest BCUT2D eigenvalue weighted by atomic mass is 10.2. The van der Waals surface area contributed by atoms with Gasteiger partial charge in [-0.25, -0.2) is 0 Å². The molecule has 0 heterocycles. The number of benzene rings is 2. The van der Waals surface area contributed by atoms with Gasteiger partial charge in [0.15, 0.2) is 0 Å². The first kappa shape index (κ1) is 13.8. The SMILES string of the molecule is Nc1cc(Cl)c(OCCc2ccc(Cl)cc2)cc1N. The Morgan fingerprint density at radius 3 is 2.26 bits per heavy atom. The number of hydrogen-bond acceptors (Lipinski definition) is 3. The van der Waals surface area contributed by atoms with Gasteiger partial charge in [0.25, 0.3) is 0 Å². The number of hydrogen-bond donors (Lipinski definition) is 2. The van der Waals surface area contributed by atoms with Crippen LogP contribution in [0.5, 0.6) is 5.75 Å². The van der Waals surface area contributed by atoms with Crippen molar-refractivity contribution in [2.45, 2.75) is 6.42 Å². The molecule has 0 atom stereocenters. The van der Waals surface area contributed by atoms with E-state index in [2.05, 4.69) is 0 Å². The first-order chi connectivity index (χ1) is 9.06. The molecule has 0 unspecified atom stereocenters. The van der Waals surface area contributed by atoms with Gasteiger partial charge in [-0.1, -0.05) is 35.3 Å². The highest BCUT2D eigenvalue weighted by atomic mass is 35.5. The zero-order valence-electron chi connectivity index (χ0n) is 10.2. The molecule has 0 radical (unpaired) electrons. The topological polar surface area (TPSA) is 61.3 Å². The highest BCUT2D eigenvalue weighted by molar-refractivity contribution is 6.32. The first-order valence-electron chi connectivity index (χ1n) is 5.78. The van der Waals surface area contributed by atoms with Crippen LogP contribution in [0.3, 0.4) is 0 Å². The summed E-state index contributed by atoms with van der Waals surface area (Å²) >= 11 is 11.8. The Balaban J connectivity index is 1.96. The van der Waals surface area contributed by atoms with Crippen LogP contribution >= 0.6 is 23.2 Å². The van der Waals surface area contributed by atoms with Gasteiger partial charge in [-0.15, -0.1) is 0 Å². The standard InChI is InChI=1S/C14H14Cl2N2O/c15-10-3-1-9(2-4-10)5-6-19-14-8-13(18)12(17)7-11(14)16/h1-4,7-8H,5-6,17-18H2. The molecular formula is C14H14Cl2N2O. The number of rotatable bonds is 4. The summed E-state index contributed by atoms with van der Waals surface area (Å²) < 4.78 is 5.61. The van der Waals surface area contributed by atoms with Crippen LogP contribution in [0.1, 0.15) is 5.56 Å². The number of nitrogen functional groups attached to an aromatic ring is 2. The van der Waals surface area contributed by atoms with Crippen LogP contribution in [0, 0.1) is 0 Å². The van der Waals surface area contributed by atoms with Gasteiger partial charge in [0.05, 0.1) is 23.0 Å². The second-order valence-electron chi connectivity index (χ2n) is 4.14. The molecule has 0 saturated carbocycles. The normalized spacial score (nSPS) is 10.4. The van der Waals surface area contributed by atoms with Crippen LogP contribution in [0.15, 0.2) is 36.4 Å². The summed E-state index contributed by atoms with van der Waals surface area (Å²) in [6, 6.07) is 10.9. The molecule has 0 amide bonds. The van der Waals surface area contributed by atoms with Crippen molar-refractivity contribution in [2.75, 3.05) is 18.1 Å². The van der Waals surface area contributed by atoms with Gasteiger partial charge in [0.2, 0.25) is 0 Å². The monoisotopic (exact) mass is 296 g/mol. The Morgan fingerprint density at radius 1 is 0.947 bits per heavy atom. The molecule has 0 aliphatic carbocycles. The van der Waals surface area contributed by atoms with Crippen molar-refractivity contribution >= 4 is 34.6 Å². The Hall–Kier alpha value is -1.58. The summed E-state index contributed by atoms with van der Waals surface area (Å²) in [6.07, 6.45) is 0.762. The van der Waals surface area contributed by atoms with Crippen molar-refractivity contribution in [1.82, 2.24) is 0 Å². The molecule has 3 nitrogen and oxygen atoms in total. The summed E-state index contributed by atoms with van der Waals surface area (Å²) in [5.41, 5.74) is 13.4. The Labute approximate surface area is 122 Å². The molecule has 0 aliphatic rings. The molecule has 0 saturated heterocycles. The fourth-order valence-corrected chi connectivity index (χ4v) is 1.98.